The first-order valence-corrected chi connectivity index (χ1v) is 13.4. The number of carbonyl (C=O) groups excluding carboxylic acids is 1. The van der Waals surface area contributed by atoms with E-state index in [4.69, 9.17) is 4.74 Å². The van der Waals surface area contributed by atoms with Gasteiger partial charge in [0.1, 0.15) is 5.75 Å². The van der Waals surface area contributed by atoms with Gasteiger partial charge in [-0.05, 0) is 74.8 Å². The van der Waals surface area contributed by atoms with Crippen LogP contribution in [0.4, 0.5) is 0 Å². The van der Waals surface area contributed by atoms with Gasteiger partial charge in [0.15, 0.2) is 5.78 Å². The minimum atomic E-state index is -1.21. The van der Waals surface area contributed by atoms with Gasteiger partial charge in [0.25, 0.3) is 5.56 Å². The molecule has 1 aromatic heterocycles. The summed E-state index contributed by atoms with van der Waals surface area (Å²) in [5.74, 6) is -0.680. The number of hydrogen-bond donors (Lipinski definition) is 3. The highest BCUT2D eigenvalue weighted by Gasteiger charge is 2.25. The maximum Gasteiger partial charge on any atom is 0.258 e. The Morgan fingerprint density at radius 3 is 2.49 bits per heavy atom. The maximum atomic E-state index is 13.9. The molecule has 37 heavy (non-hydrogen) atoms. The molecule has 7 nitrogen and oxygen atoms in total. The van der Waals surface area contributed by atoms with Crippen LogP contribution >= 0.6 is 0 Å². The lowest BCUT2D eigenvalue weighted by atomic mass is 9.93. The second kappa shape index (κ2) is 13.1. The molecule has 0 radical (unpaired) electrons. The van der Waals surface area contributed by atoms with E-state index in [1.165, 1.54) is 18.2 Å². The van der Waals surface area contributed by atoms with Gasteiger partial charge in [0, 0.05) is 37.2 Å². The molecule has 0 saturated heterocycles. The lowest BCUT2D eigenvalue weighted by Gasteiger charge is -2.25. The molecule has 1 unspecified atom stereocenters. The Labute approximate surface area is 219 Å². The summed E-state index contributed by atoms with van der Waals surface area (Å²) in [5.41, 5.74) is 2.89. The number of fused-ring (bicyclic) bond motifs is 4. The molecule has 2 aromatic rings. The van der Waals surface area contributed by atoms with Crippen molar-refractivity contribution in [2.75, 3.05) is 7.11 Å². The second-order valence-electron chi connectivity index (χ2n) is 10.1. The normalized spacial score (nSPS) is 22.5. The predicted molar refractivity (Wildman–Crippen MR) is 144 cm³/mol. The van der Waals surface area contributed by atoms with E-state index in [0.717, 1.165) is 24.8 Å². The van der Waals surface area contributed by atoms with Gasteiger partial charge in [-0.25, -0.2) is 0 Å². The van der Waals surface area contributed by atoms with E-state index in [2.05, 4.69) is 6.92 Å². The monoisotopic (exact) mass is 511 g/mol. The van der Waals surface area contributed by atoms with Crippen molar-refractivity contribution in [3.8, 4) is 11.4 Å². The number of allylic oxidation sites excluding steroid dienone is 2. The number of aromatic nitrogens is 1. The Hall–Kier alpha value is -2.90. The number of hydrogen-bond acceptors (Lipinski definition) is 6. The molecule has 2 bridgehead atoms. The number of aromatic hydroxyl groups is 1. The molecule has 1 aromatic carbocycles. The Balaban J connectivity index is 2.24. The van der Waals surface area contributed by atoms with Gasteiger partial charge in [0.05, 0.1) is 29.3 Å². The molecule has 7 heteroatoms. The van der Waals surface area contributed by atoms with Crippen LogP contribution in [0.2, 0.25) is 0 Å². The highest BCUT2D eigenvalue weighted by molar-refractivity contribution is 5.90. The number of rotatable bonds is 6. The number of methoxy groups -OCH3 is 1. The van der Waals surface area contributed by atoms with Gasteiger partial charge in [-0.15, -0.1) is 0 Å². The summed E-state index contributed by atoms with van der Waals surface area (Å²) in [7, 11) is 1.62. The van der Waals surface area contributed by atoms with Crippen LogP contribution in [0.3, 0.4) is 0 Å². The smallest absolute Gasteiger partial charge is 0.258 e. The molecule has 0 aliphatic carbocycles. The van der Waals surface area contributed by atoms with Crippen LogP contribution in [-0.4, -0.2) is 32.8 Å². The lowest BCUT2D eigenvalue weighted by Crippen LogP contribution is -2.29. The van der Waals surface area contributed by atoms with Crippen LogP contribution in [0.5, 0.6) is 5.75 Å². The average molecular weight is 512 g/mol. The summed E-state index contributed by atoms with van der Waals surface area (Å²) in [6.07, 6.45) is 5.62. The van der Waals surface area contributed by atoms with E-state index >= 15 is 0 Å². The molecule has 1 aliphatic heterocycles. The maximum absolute atomic E-state index is 13.9. The van der Waals surface area contributed by atoms with Crippen molar-refractivity contribution in [3.63, 3.8) is 0 Å². The Kier molecular flexibility index (Phi) is 10.1. The van der Waals surface area contributed by atoms with Crippen molar-refractivity contribution in [1.82, 2.24) is 4.57 Å². The van der Waals surface area contributed by atoms with Gasteiger partial charge in [0.2, 0.25) is 0 Å². The summed E-state index contributed by atoms with van der Waals surface area (Å²) >= 11 is 0. The number of phenols is 1. The van der Waals surface area contributed by atoms with Crippen molar-refractivity contribution >= 4 is 5.78 Å². The number of aliphatic hydroxyl groups excluding tert-OH is 2. The molecule has 2 heterocycles. The van der Waals surface area contributed by atoms with Crippen molar-refractivity contribution in [2.45, 2.75) is 90.8 Å². The average Bonchev–Trinajstić information content (AvgIpc) is 2.85. The fourth-order valence-electron chi connectivity index (χ4n) is 5.29. The van der Waals surface area contributed by atoms with Crippen molar-refractivity contribution in [2.24, 2.45) is 5.92 Å². The summed E-state index contributed by atoms with van der Waals surface area (Å²) in [6.45, 7) is 6.05. The molecule has 3 N–H and O–H groups in total. The Bertz CT molecular complexity index is 1180. The first-order chi connectivity index (χ1) is 17.7. The Morgan fingerprint density at radius 1 is 1.05 bits per heavy atom. The number of aliphatic hydroxyl groups is 2. The quantitative estimate of drug-likeness (QED) is 0.416. The number of aryl methyl sites for hydroxylation is 2. The van der Waals surface area contributed by atoms with Crippen LogP contribution in [-0.2, 0) is 16.0 Å². The molecule has 0 fully saturated rings. The third-order valence-electron chi connectivity index (χ3n) is 7.35. The SMILES string of the molecule is CCCCCc1cc(C)c2n(c1=O)-c1cc(O)cc(c1)[C@@H](O)CC(=O)/C=C(/O)C(CC)CCC[C@@H]2OC. The molecular weight excluding hydrogens is 470 g/mol. The van der Waals surface area contributed by atoms with Crippen LogP contribution in [0, 0.1) is 12.8 Å². The highest BCUT2D eigenvalue weighted by atomic mass is 16.5. The van der Waals surface area contributed by atoms with E-state index in [9.17, 15) is 24.9 Å². The summed E-state index contributed by atoms with van der Waals surface area (Å²) in [4.78, 5) is 26.5. The predicted octanol–water partition coefficient (Wildman–Crippen LogP) is 5.92. The van der Waals surface area contributed by atoms with Crippen LogP contribution in [0.25, 0.3) is 5.69 Å². The fraction of sp³-hybridized carbons (Fsp3) is 0.533. The molecule has 3 rings (SSSR count). The molecule has 0 amide bonds. The number of ketones is 1. The van der Waals surface area contributed by atoms with Crippen LogP contribution in [0.15, 0.2) is 40.9 Å². The molecule has 1 aliphatic rings. The Morgan fingerprint density at radius 2 is 1.81 bits per heavy atom. The standard InChI is InChI=1S/C30H41NO6/c1-5-7-8-10-21-13-19(3)29-28(37-4)12-9-11-20(6-2)26(34)17-25(33)18-27(35)22-14-23(16-24(32)15-22)31(29)30(21)36/h13-17,20,27-28,32,34-35H,5-12,18H2,1-4H3/b26-17+/t20?,27-,28-/m0/s1. The number of unbranched alkanes of at least 4 members (excludes halogenated alkanes) is 2. The molecule has 0 saturated carbocycles. The largest absolute Gasteiger partial charge is 0.512 e. The molecular formula is C30H41NO6. The minimum absolute atomic E-state index is 0.0182. The van der Waals surface area contributed by atoms with Gasteiger partial charge in [-0.1, -0.05) is 26.7 Å². The van der Waals surface area contributed by atoms with E-state index in [0.29, 0.717) is 54.6 Å². The fourth-order valence-corrected chi connectivity index (χ4v) is 5.29. The van der Waals surface area contributed by atoms with E-state index in [1.54, 1.807) is 17.7 Å². The number of benzene rings is 1. The zero-order chi connectivity index (χ0) is 27.1. The summed E-state index contributed by atoms with van der Waals surface area (Å²) in [5, 5.41) is 32.0. The van der Waals surface area contributed by atoms with Crippen LogP contribution < -0.4 is 5.56 Å². The first-order valence-electron chi connectivity index (χ1n) is 13.4. The zero-order valence-electron chi connectivity index (χ0n) is 22.5. The summed E-state index contributed by atoms with van der Waals surface area (Å²) in [6, 6.07) is 6.49. The number of pyridine rings is 1. The van der Waals surface area contributed by atoms with Crippen molar-refractivity contribution in [3.05, 3.63) is 68.8 Å². The van der Waals surface area contributed by atoms with Gasteiger partial charge >= 0.3 is 0 Å². The lowest BCUT2D eigenvalue weighted by molar-refractivity contribution is -0.116. The third kappa shape index (κ3) is 6.90. The van der Waals surface area contributed by atoms with Gasteiger partial charge < -0.3 is 20.1 Å². The number of phenolic OH excluding ortho intramolecular Hbond substituents is 1. The molecule has 202 valence electrons. The minimum Gasteiger partial charge on any atom is -0.512 e. The molecule has 3 atom stereocenters. The number of ether oxygens (including phenoxy) is 1. The van der Waals surface area contributed by atoms with E-state index < -0.39 is 18.0 Å². The van der Waals surface area contributed by atoms with E-state index in [1.807, 2.05) is 19.9 Å². The summed E-state index contributed by atoms with van der Waals surface area (Å²) < 4.78 is 7.52. The van der Waals surface area contributed by atoms with Crippen molar-refractivity contribution in [1.29, 1.82) is 0 Å². The second-order valence-corrected chi connectivity index (χ2v) is 10.1. The van der Waals surface area contributed by atoms with E-state index in [-0.39, 0.29) is 29.4 Å². The third-order valence-corrected chi connectivity index (χ3v) is 7.35. The number of carbonyl (C=O) groups is 1. The first kappa shape index (κ1) is 28.7. The van der Waals surface area contributed by atoms with Crippen molar-refractivity contribution < 1.29 is 24.9 Å². The molecule has 0 spiro atoms. The van der Waals surface area contributed by atoms with Gasteiger partial charge in [-0.2, -0.15) is 0 Å². The highest BCUT2D eigenvalue weighted by Crippen LogP contribution is 2.33. The zero-order valence-corrected chi connectivity index (χ0v) is 22.5. The topological polar surface area (TPSA) is 109 Å². The number of nitrogens with zero attached hydrogens (tertiary/aromatic N) is 1. The van der Waals surface area contributed by atoms with Gasteiger partial charge in [-0.3, -0.25) is 14.2 Å². The van der Waals surface area contributed by atoms with Crippen LogP contribution in [0.1, 0.15) is 99.8 Å².